The lowest BCUT2D eigenvalue weighted by Gasteiger charge is -2.46. The number of nitrogens with two attached hydrogens (primary N) is 1. The summed E-state index contributed by atoms with van der Waals surface area (Å²) in [6.07, 6.45) is 14.1. The number of nitriles is 1. The molecule has 0 spiro atoms. The topological polar surface area (TPSA) is 127 Å². The van der Waals surface area contributed by atoms with Crippen LogP contribution in [-0.2, 0) is 14.3 Å². The van der Waals surface area contributed by atoms with Crippen LogP contribution < -0.4 is 15.8 Å². The summed E-state index contributed by atoms with van der Waals surface area (Å²) in [5.74, 6) is 1.49. The molecule has 2 aliphatic carbocycles. The summed E-state index contributed by atoms with van der Waals surface area (Å²) < 4.78 is 16.8. The predicted molar refractivity (Wildman–Crippen MR) is 192 cm³/mol. The molecule has 46 heavy (non-hydrogen) atoms. The first kappa shape index (κ1) is 41.8. The van der Waals surface area contributed by atoms with E-state index in [4.69, 9.17) is 10.5 Å². The fourth-order valence-electron chi connectivity index (χ4n) is 5.92. The van der Waals surface area contributed by atoms with E-state index in [9.17, 15) is 14.9 Å². The second-order valence-electron chi connectivity index (χ2n) is 11.9. The molecule has 3 atom stereocenters. The number of aldehydes is 2. The van der Waals surface area contributed by atoms with Crippen molar-refractivity contribution in [3.8, 4) is 11.8 Å². The van der Waals surface area contributed by atoms with Crippen LogP contribution in [0.15, 0.2) is 23.4 Å². The number of hydrogen-bond donors (Lipinski definition) is 2. The first-order chi connectivity index (χ1) is 22.2. The number of nitrogens with one attached hydrogen (secondary N) is 1. The Hall–Kier alpha value is -2.20. The van der Waals surface area contributed by atoms with Gasteiger partial charge >= 0.3 is 0 Å². The maximum Gasteiger partial charge on any atom is 0.163 e. The van der Waals surface area contributed by atoms with Crippen LogP contribution >= 0.6 is 23.3 Å². The fourth-order valence-corrected chi connectivity index (χ4v) is 8.29. The molecule has 1 saturated heterocycles. The molecule has 3 N–H and O–H groups in total. The van der Waals surface area contributed by atoms with Crippen molar-refractivity contribution in [2.24, 2.45) is 5.73 Å². The highest BCUT2D eigenvalue weighted by molar-refractivity contribution is 7.97. The van der Waals surface area contributed by atoms with Gasteiger partial charge in [-0.2, -0.15) is 5.26 Å². The molecule has 2 fully saturated rings. The van der Waals surface area contributed by atoms with Crippen LogP contribution in [0.2, 0.25) is 0 Å². The van der Waals surface area contributed by atoms with Crippen LogP contribution in [0.25, 0.3) is 0 Å². The quantitative estimate of drug-likeness (QED) is 0.186. The van der Waals surface area contributed by atoms with Crippen LogP contribution in [-0.4, -0.2) is 81.3 Å². The average molecular weight is 679 g/mol. The maximum absolute atomic E-state index is 11.6. The van der Waals surface area contributed by atoms with Crippen molar-refractivity contribution in [2.75, 3.05) is 46.8 Å². The Labute approximate surface area is 286 Å². The standard InChI is InChI=1S/C28H38N4O3S2.C3H8O.C2H6O.C2H6/c1-28(2)15-23(9-10-32(28)36-18-19-5-3-7-21(30)13-19)31-22-8-4-6-20(14-22)27-24(16-29)26(35-12-11-33)25(17-34)37-27;1-3-4-2;1-3-2;1-2/h7,11,13,17,20,22-23,31H,3-6,8-10,12,14-15,18,30H2,1-2H3;3H2,1-2H3;1-2H3;1-2H3. The summed E-state index contributed by atoms with van der Waals surface area (Å²) in [6.45, 7) is 12.4. The number of hydrogen-bond acceptors (Lipinski definition) is 11. The zero-order valence-corrected chi connectivity index (χ0v) is 31.0. The van der Waals surface area contributed by atoms with E-state index in [0.717, 1.165) is 87.1 Å². The Balaban J connectivity index is 0.00000105. The largest absolute Gasteiger partial charge is 0.483 e. The van der Waals surface area contributed by atoms with E-state index in [1.165, 1.54) is 16.9 Å². The van der Waals surface area contributed by atoms with Crippen molar-refractivity contribution in [1.29, 1.82) is 5.26 Å². The fraction of sp³-hybridized carbons (Fsp3) is 0.686. The zero-order chi connectivity index (χ0) is 34.5. The minimum Gasteiger partial charge on any atom is -0.483 e. The van der Waals surface area contributed by atoms with E-state index < -0.39 is 0 Å². The van der Waals surface area contributed by atoms with E-state index in [2.05, 4.69) is 51.2 Å². The van der Waals surface area contributed by atoms with Crippen molar-refractivity contribution in [3.05, 3.63) is 38.7 Å². The van der Waals surface area contributed by atoms with Gasteiger partial charge in [-0.25, -0.2) is 4.31 Å². The molecule has 0 amide bonds. The molecule has 3 aliphatic rings. The molecule has 1 aliphatic heterocycles. The van der Waals surface area contributed by atoms with Crippen LogP contribution in [0.1, 0.15) is 112 Å². The third-order valence-electron chi connectivity index (χ3n) is 7.96. The number of allylic oxidation sites excluding steroid dienone is 2. The highest BCUT2D eigenvalue weighted by Crippen LogP contribution is 2.44. The lowest BCUT2D eigenvalue weighted by molar-refractivity contribution is -0.109. The molecule has 9 nitrogen and oxygen atoms in total. The highest BCUT2D eigenvalue weighted by atomic mass is 32.2. The molecule has 1 aromatic heterocycles. The Morgan fingerprint density at radius 3 is 2.46 bits per heavy atom. The SMILES string of the molecule is CC.CC1(C)CC(NC2CCCC(c3sc(C=O)c(OCC=O)c3C#N)C2)CCN1SCC1=CC(N)=CCC1.CCOC.COC. The molecule has 3 unspecified atom stereocenters. The lowest BCUT2D eigenvalue weighted by Crippen LogP contribution is -2.54. The van der Waals surface area contributed by atoms with Crippen LogP contribution in [0.4, 0.5) is 0 Å². The van der Waals surface area contributed by atoms with Crippen molar-refractivity contribution >= 4 is 35.9 Å². The third-order valence-corrected chi connectivity index (χ3v) is 10.7. The van der Waals surface area contributed by atoms with Crippen molar-refractivity contribution < 1.29 is 23.8 Å². The number of piperidine rings is 1. The Morgan fingerprint density at radius 2 is 1.89 bits per heavy atom. The van der Waals surface area contributed by atoms with E-state index in [0.29, 0.717) is 28.8 Å². The van der Waals surface area contributed by atoms with Gasteiger partial charge in [0.15, 0.2) is 18.3 Å². The van der Waals surface area contributed by atoms with Crippen molar-refractivity contribution in [3.63, 3.8) is 0 Å². The number of ether oxygens (including phenoxy) is 3. The van der Waals surface area contributed by atoms with Gasteiger partial charge < -0.3 is 25.3 Å². The Bertz CT molecular complexity index is 1140. The summed E-state index contributed by atoms with van der Waals surface area (Å²) in [4.78, 5) is 23.7. The molecular formula is C35H58N4O5S2. The third kappa shape index (κ3) is 13.5. The van der Waals surface area contributed by atoms with E-state index >= 15 is 0 Å². The Kier molecular flexibility index (Phi) is 21.1. The normalized spacial score (nSPS) is 22.1. The first-order valence-corrected chi connectivity index (χ1v) is 18.2. The molecule has 11 heteroatoms. The van der Waals surface area contributed by atoms with Gasteiger partial charge in [0.05, 0.1) is 0 Å². The second-order valence-corrected chi connectivity index (χ2v) is 13.9. The number of carbonyl (C=O) groups excluding carboxylic acids is 2. The molecule has 1 aromatic rings. The van der Waals surface area contributed by atoms with Gasteiger partial charge in [0.2, 0.25) is 0 Å². The molecule has 0 bridgehead atoms. The van der Waals surface area contributed by atoms with Crippen molar-refractivity contribution in [1.82, 2.24) is 9.62 Å². The molecular weight excluding hydrogens is 621 g/mol. The molecule has 1 saturated carbocycles. The molecule has 260 valence electrons. The molecule has 2 heterocycles. The van der Waals surface area contributed by atoms with E-state index in [1.54, 1.807) is 21.3 Å². The minimum atomic E-state index is -0.157. The highest BCUT2D eigenvalue weighted by Gasteiger charge is 2.37. The van der Waals surface area contributed by atoms with Crippen LogP contribution in [0.3, 0.4) is 0 Å². The number of thiophene rings is 1. The van der Waals surface area contributed by atoms with E-state index in [-0.39, 0.29) is 23.8 Å². The zero-order valence-electron chi connectivity index (χ0n) is 29.4. The summed E-state index contributed by atoms with van der Waals surface area (Å²) in [6, 6.07) is 3.08. The summed E-state index contributed by atoms with van der Waals surface area (Å²) in [5.41, 5.74) is 8.84. The molecule has 4 rings (SSSR count). The smallest absolute Gasteiger partial charge is 0.163 e. The summed E-state index contributed by atoms with van der Waals surface area (Å²) >= 11 is 3.29. The second kappa shape index (κ2) is 23.2. The number of carbonyl (C=O) groups is 2. The van der Waals surface area contributed by atoms with Gasteiger partial charge in [-0.05, 0) is 77.7 Å². The van der Waals surface area contributed by atoms with Gasteiger partial charge in [-0.15, -0.1) is 11.3 Å². The van der Waals surface area contributed by atoms with E-state index in [1.807, 2.05) is 32.7 Å². The van der Waals surface area contributed by atoms with Gasteiger partial charge in [0, 0.05) is 68.4 Å². The van der Waals surface area contributed by atoms with Gasteiger partial charge in [0.1, 0.15) is 23.1 Å². The van der Waals surface area contributed by atoms with Crippen LogP contribution in [0.5, 0.6) is 5.75 Å². The first-order valence-electron chi connectivity index (χ1n) is 16.5. The summed E-state index contributed by atoms with van der Waals surface area (Å²) in [5, 5.41) is 13.8. The maximum atomic E-state index is 11.6. The van der Waals surface area contributed by atoms with Crippen molar-refractivity contribution in [2.45, 2.75) is 110 Å². The van der Waals surface area contributed by atoms with Crippen LogP contribution in [0, 0.1) is 11.3 Å². The number of methoxy groups -OCH3 is 2. The minimum absolute atomic E-state index is 0.0939. The number of nitrogens with zero attached hydrogens (tertiary/aromatic N) is 2. The lowest BCUT2D eigenvalue weighted by atomic mass is 9.82. The monoisotopic (exact) mass is 678 g/mol. The number of rotatable bonds is 11. The Morgan fingerprint density at radius 1 is 1.20 bits per heavy atom. The molecule has 0 radical (unpaired) electrons. The predicted octanol–water partition coefficient (Wildman–Crippen LogP) is 7.02. The van der Waals surface area contributed by atoms with Gasteiger partial charge in [-0.3, -0.25) is 9.59 Å². The van der Waals surface area contributed by atoms with Gasteiger partial charge in [-0.1, -0.05) is 43.9 Å². The average Bonchev–Trinajstić information content (AvgIpc) is 3.42. The summed E-state index contributed by atoms with van der Waals surface area (Å²) in [7, 11) is 4.93. The molecule has 0 aromatic carbocycles. The van der Waals surface area contributed by atoms with Gasteiger partial charge in [0.25, 0.3) is 0 Å².